The second kappa shape index (κ2) is 8.18. The normalized spacial score (nSPS) is 18.6. The summed E-state index contributed by atoms with van der Waals surface area (Å²) in [6, 6.07) is 7.59. The summed E-state index contributed by atoms with van der Waals surface area (Å²) >= 11 is 0. The summed E-state index contributed by atoms with van der Waals surface area (Å²) < 4.78 is 15.6. The van der Waals surface area contributed by atoms with Gasteiger partial charge in [-0.1, -0.05) is 6.92 Å². The van der Waals surface area contributed by atoms with Gasteiger partial charge in [0, 0.05) is 49.4 Å². The van der Waals surface area contributed by atoms with Gasteiger partial charge in [0.25, 0.3) is 0 Å². The third kappa shape index (κ3) is 3.40. The molecule has 0 amide bonds. The van der Waals surface area contributed by atoms with E-state index in [4.69, 9.17) is 14.1 Å². The number of hydrogen-bond donors (Lipinski definition) is 0. The Balaban J connectivity index is 1.65. The average molecular weight is 457 g/mol. The maximum atomic E-state index is 13.5. The van der Waals surface area contributed by atoms with E-state index in [-0.39, 0.29) is 17.8 Å². The molecule has 1 aliphatic heterocycles. The molecule has 1 aliphatic rings. The van der Waals surface area contributed by atoms with Crippen LogP contribution in [0.25, 0.3) is 44.7 Å². The van der Waals surface area contributed by atoms with E-state index in [1.54, 1.807) is 27.8 Å². The molecule has 1 saturated heterocycles. The van der Waals surface area contributed by atoms with Gasteiger partial charge < -0.3 is 9.15 Å². The van der Waals surface area contributed by atoms with E-state index in [0.29, 0.717) is 34.5 Å². The van der Waals surface area contributed by atoms with Crippen LogP contribution in [0.5, 0.6) is 0 Å². The Hall–Kier alpha value is -3.85. The second-order valence-electron chi connectivity index (χ2n) is 8.66. The highest BCUT2D eigenvalue weighted by Gasteiger charge is 2.29. The summed E-state index contributed by atoms with van der Waals surface area (Å²) in [4.78, 5) is 27.2. The molecule has 9 heteroatoms. The maximum absolute atomic E-state index is 13.5. The molecule has 1 fully saturated rings. The molecule has 5 aromatic heterocycles. The van der Waals surface area contributed by atoms with Gasteiger partial charge in [-0.15, -0.1) is 0 Å². The number of aromatic nitrogens is 6. The molecule has 2 unspecified atom stereocenters. The molecule has 172 valence electrons. The van der Waals surface area contributed by atoms with Gasteiger partial charge >= 0.3 is 5.69 Å². The van der Waals surface area contributed by atoms with Crippen molar-refractivity contribution in [3.8, 4) is 22.5 Å². The molecule has 0 radical (unpaired) electrons. The lowest BCUT2D eigenvalue weighted by Crippen LogP contribution is -2.34. The molecular weight excluding hydrogens is 432 g/mol. The zero-order chi connectivity index (χ0) is 23.2. The monoisotopic (exact) mass is 456 g/mol. The van der Waals surface area contributed by atoms with Crippen LogP contribution in [-0.4, -0.2) is 42.0 Å². The predicted molar refractivity (Wildman–Crippen MR) is 127 cm³/mol. The Labute approximate surface area is 195 Å². The van der Waals surface area contributed by atoms with Crippen molar-refractivity contribution >= 4 is 22.2 Å². The van der Waals surface area contributed by atoms with E-state index in [2.05, 4.69) is 22.0 Å². The molecule has 0 saturated carbocycles. The number of rotatable bonds is 4. The van der Waals surface area contributed by atoms with Crippen molar-refractivity contribution in [2.24, 2.45) is 7.05 Å². The third-order valence-electron chi connectivity index (χ3n) is 6.47. The van der Waals surface area contributed by atoms with Gasteiger partial charge in [-0.05, 0) is 43.5 Å². The van der Waals surface area contributed by atoms with Crippen molar-refractivity contribution in [1.29, 1.82) is 0 Å². The Kier molecular flexibility index (Phi) is 4.99. The molecule has 0 spiro atoms. The van der Waals surface area contributed by atoms with E-state index in [1.165, 1.54) is 0 Å². The summed E-state index contributed by atoms with van der Waals surface area (Å²) in [5, 5.41) is 4.26. The van der Waals surface area contributed by atoms with Gasteiger partial charge in [-0.3, -0.25) is 14.2 Å². The van der Waals surface area contributed by atoms with Gasteiger partial charge in [-0.2, -0.15) is 10.1 Å². The smallest absolute Gasteiger partial charge is 0.349 e. The molecular formula is C25H24N6O3. The van der Waals surface area contributed by atoms with Crippen molar-refractivity contribution in [2.75, 3.05) is 6.61 Å². The van der Waals surface area contributed by atoms with E-state index >= 15 is 0 Å². The molecule has 0 N–H and O–H groups in total. The number of fused-ring (bicyclic) bond motifs is 3. The molecule has 6 rings (SSSR count). The average Bonchev–Trinajstić information content (AvgIpc) is 3.47. The zero-order valence-corrected chi connectivity index (χ0v) is 19.0. The summed E-state index contributed by atoms with van der Waals surface area (Å²) in [5.41, 5.74) is 5.00. The lowest BCUT2D eigenvalue weighted by Gasteiger charge is -2.30. The maximum Gasteiger partial charge on any atom is 0.349 e. The van der Waals surface area contributed by atoms with Gasteiger partial charge in [0.15, 0.2) is 11.2 Å². The lowest BCUT2D eigenvalue weighted by atomic mass is 10.0. The predicted octanol–water partition coefficient (Wildman–Crippen LogP) is 4.13. The Morgan fingerprint density at radius 2 is 2.06 bits per heavy atom. The van der Waals surface area contributed by atoms with E-state index < -0.39 is 0 Å². The first-order chi connectivity index (χ1) is 16.6. The van der Waals surface area contributed by atoms with Crippen molar-refractivity contribution in [1.82, 2.24) is 29.3 Å². The Morgan fingerprint density at radius 3 is 2.82 bits per heavy atom. The SMILES string of the molecule is CCC1CC(n2c(=O)nc(-c3cnn(C)c3)c3oc4ccc(-c5cccnc5)nc4c32)CCO1. The third-order valence-corrected chi connectivity index (χ3v) is 6.47. The van der Waals surface area contributed by atoms with Crippen molar-refractivity contribution in [3.63, 3.8) is 0 Å². The number of furan rings is 1. The van der Waals surface area contributed by atoms with Gasteiger partial charge in [-0.25, -0.2) is 9.78 Å². The number of pyridine rings is 2. The summed E-state index contributed by atoms with van der Waals surface area (Å²) in [6.07, 6.45) is 9.50. The summed E-state index contributed by atoms with van der Waals surface area (Å²) in [5.74, 6) is 0. The Bertz CT molecular complexity index is 1550. The molecule has 34 heavy (non-hydrogen) atoms. The molecule has 6 heterocycles. The van der Waals surface area contributed by atoms with Gasteiger partial charge in [0.2, 0.25) is 0 Å². The van der Waals surface area contributed by atoms with Crippen LogP contribution in [-0.2, 0) is 11.8 Å². The molecule has 2 atom stereocenters. The van der Waals surface area contributed by atoms with Crippen LogP contribution in [0.1, 0.15) is 32.2 Å². The van der Waals surface area contributed by atoms with Crippen LogP contribution in [0, 0.1) is 0 Å². The Morgan fingerprint density at radius 1 is 1.15 bits per heavy atom. The quantitative estimate of drug-likeness (QED) is 0.401. The standard InChI is InChI=1S/C25H24N6O3/c1-3-18-11-17(8-10-33-18)31-23-22-20(7-6-19(28-22)15-5-4-9-26-12-15)34-24(23)21(29-25(31)32)16-13-27-30(2)14-16/h4-7,9,12-14,17-18H,3,8,10-11H2,1-2H3. The summed E-state index contributed by atoms with van der Waals surface area (Å²) in [7, 11) is 1.83. The first kappa shape index (κ1) is 20.7. The van der Waals surface area contributed by atoms with Gasteiger partial charge in [0.05, 0.1) is 18.0 Å². The van der Waals surface area contributed by atoms with Crippen molar-refractivity contribution < 1.29 is 9.15 Å². The van der Waals surface area contributed by atoms with Crippen LogP contribution in [0.4, 0.5) is 0 Å². The van der Waals surface area contributed by atoms with Crippen LogP contribution in [0.3, 0.4) is 0 Å². The molecule has 0 bridgehead atoms. The minimum absolute atomic E-state index is 0.0474. The largest absolute Gasteiger partial charge is 0.450 e. The minimum atomic E-state index is -0.315. The fraction of sp³-hybridized carbons (Fsp3) is 0.320. The van der Waals surface area contributed by atoms with E-state index in [0.717, 1.165) is 36.1 Å². The summed E-state index contributed by atoms with van der Waals surface area (Å²) in [6.45, 7) is 2.70. The fourth-order valence-electron chi connectivity index (χ4n) is 4.78. The van der Waals surface area contributed by atoms with Gasteiger partial charge in [0.1, 0.15) is 16.7 Å². The zero-order valence-electron chi connectivity index (χ0n) is 19.0. The van der Waals surface area contributed by atoms with E-state index in [1.807, 2.05) is 37.5 Å². The van der Waals surface area contributed by atoms with Crippen LogP contribution in [0.2, 0.25) is 0 Å². The number of ether oxygens (including phenoxy) is 1. The first-order valence-electron chi connectivity index (χ1n) is 11.5. The number of aryl methyl sites for hydroxylation is 1. The first-order valence-corrected chi connectivity index (χ1v) is 11.5. The van der Waals surface area contributed by atoms with Crippen LogP contribution >= 0.6 is 0 Å². The second-order valence-corrected chi connectivity index (χ2v) is 8.66. The van der Waals surface area contributed by atoms with Crippen molar-refractivity contribution in [2.45, 2.75) is 38.3 Å². The molecule has 9 nitrogen and oxygen atoms in total. The van der Waals surface area contributed by atoms with Crippen molar-refractivity contribution in [3.05, 3.63) is 59.5 Å². The number of hydrogen-bond acceptors (Lipinski definition) is 7. The molecule has 5 aromatic rings. The fourth-order valence-corrected chi connectivity index (χ4v) is 4.78. The molecule has 0 aromatic carbocycles. The molecule has 0 aliphatic carbocycles. The lowest BCUT2D eigenvalue weighted by molar-refractivity contribution is -0.00710. The number of nitrogens with zero attached hydrogens (tertiary/aromatic N) is 6. The highest BCUT2D eigenvalue weighted by molar-refractivity contribution is 6.05. The topological polar surface area (TPSA) is 101 Å². The minimum Gasteiger partial charge on any atom is -0.450 e. The highest BCUT2D eigenvalue weighted by atomic mass is 16.5. The van der Waals surface area contributed by atoms with Crippen LogP contribution < -0.4 is 5.69 Å². The van der Waals surface area contributed by atoms with E-state index in [9.17, 15) is 4.79 Å². The highest BCUT2D eigenvalue weighted by Crippen LogP contribution is 2.37. The van der Waals surface area contributed by atoms with Crippen LogP contribution in [0.15, 0.2) is 58.3 Å².